The van der Waals surface area contributed by atoms with Crippen molar-refractivity contribution in [1.29, 1.82) is 0 Å². The first kappa shape index (κ1) is 11.1. The Kier molecular flexibility index (Phi) is 4.47. The first-order chi connectivity index (χ1) is 6.77. The van der Waals surface area contributed by atoms with Gasteiger partial charge in [0.15, 0.2) is 0 Å². The molecule has 0 saturated heterocycles. The van der Waals surface area contributed by atoms with Gasteiger partial charge >= 0.3 is 0 Å². The minimum atomic E-state index is 0.215. The van der Waals surface area contributed by atoms with Gasteiger partial charge in [-0.05, 0) is 32.0 Å². The zero-order valence-electron chi connectivity index (χ0n) is 9.21. The number of hydrogen-bond donors (Lipinski definition) is 1. The number of nitrogens with one attached hydrogen (secondary N) is 1. The van der Waals surface area contributed by atoms with Gasteiger partial charge in [-0.3, -0.25) is 0 Å². The second-order valence-electron chi connectivity index (χ2n) is 3.45. The molecule has 1 rings (SSSR count). The molecule has 1 atom stereocenters. The van der Waals surface area contributed by atoms with Crippen molar-refractivity contribution >= 4 is 0 Å². The summed E-state index contributed by atoms with van der Waals surface area (Å²) in [5, 5.41) is 3.10. The number of hydrogen-bond acceptors (Lipinski definition) is 2. The van der Waals surface area contributed by atoms with Crippen LogP contribution in [0.25, 0.3) is 0 Å². The zero-order chi connectivity index (χ0) is 10.4. The van der Waals surface area contributed by atoms with E-state index in [2.05, 4.69) is 31.3 Å². The molecular formula is C12H19NO. The van der Waals surface area contributed by atoms with Crippen molar-refractivity contribution in [3.8, 4) is 5.75 Å². The molecule has 0 amide bonds. The van der Waals surface area contributed by atoms with Crippen molar-refractivity contribution in [3.05, 3.63) is 29.8 Å². The molecule has 0 saturated carbocycles. The molecule has 0 aliphatic carbocycles. The highest BCUT2D eigenvalue weighted by atomic mass is 16.5. The van der Waals surface area contributed by atoms with Crippen LogP contribution in [0.15, 0.2) is 24.3 Å². The van der Waals surface area contributed by atoms with Crippen LogP contribution in [0.3, 0.4) is 0 Å². The van der Waals surface area contributed by atoms with E-state index in [1.165, 1.54) is 5.56 Å². The summed E-state index contributed by atoms with van der Waals surface area (Å²) in [6, 6.07) is 8.21. The Morgan fingerprint density at radius 1 is 1.36 bits per heavy atom. The van der Waals surface area contributed by atoms with Crippen LogP contribution in [0, 0.1) is 0 Å². The summed E-state index contributed by atoms with van der Waals surface area (Å²) in [5.41, 5.74) is 1.27. The quantitative estimate of drug-likeness (QED) is 0.774. The van der Waals surface area contributed by atoms with Crippen LogP contribution >= 0.6 is 0 Å². The van der Waals surface area contributed by atoms with E-state index >= 15 is 0 Å². The molecule has 0 radical (unpaired) electrons. The fourth-order valence-corrected chi connectivity index (χ4v) is 1.46. The molecular weight excluding hydrogens is 174 g/mol. The lowest BCUT2D eigenvalue weighted by atomic mass is 10.1. The second kappa shape index (κ2) is 5.66. The maximum atomic E-state index is 5.81. The van der Waals surface area contributed by atoms with E-state index in [0.29, 0.717) is 0 Å². The van der Waals surface area contributed by atoms with Crippen LogP contribution < -0.4 is 10.1 Å². The largest absolute Gasteiger partial charge is 0.489 e. The highest BCUT2D eigenvalue weighted by molar-refractivity contribution is 5.33. The number of aryl methyl sites for hydroxylation is 1. The number of benzene rings is 1. The summed E-state index contributed by atoms with van der Waals surface area (Å²) in [6.45, 7) is 5.09. The molecule has 0 aromatic heterocycles. The van der Waals surface area contributed by atoms with Gasteiger partial charge in [-0.1, -0.05) is 25.1 Å². The van der Waals surface area contributed by atoms with Gasteiger partial charge in [0.2, 0.25) is 0 Å². The van der Waals surface area contributed by atoms with Crippen LogP contribution in [-0.2, 0) is 6.42 Å². The molecule has 78 valence electrons. The molecule has 2 heteroatoms. The Morgan fingerprint density at radius 2 is 2.07 bits per heavy atom. The molecule has 14 heavy (non-hydrogen) atoms. The minimum absolute atomic E-state index is 0.215. The molecule has 0 fully saturated rings. The van der Waals surface area contributed by atoms with Gasteiger partial charge in [-0.15, -0.1) is 0 Å². The minimum Gasteiger partial charge on any atom is -0.489 e. The molecule has 1 unspecified atom stereocenters. The predicted molar refractivity (Wildman–Crippen MR) is 59.8 cm³/mol. The van der Waals surface area contributed by atoms with Crippen LogP contribution in [0.1, 0.15) is 19.4 Å². The van der Waals surface area contributed by atoms with E-state index in [-0.39, 0.29) is 6.10 Å². The Bertz CT molecular complexity index is 273. The van der Waals surface area contributed by atoms with Crippen LogP contribution in [0.4, 0.5) is 0 Å². The van der Waals surface area contributed by atoms with Crippen LogP contribution in [-0.4, -0.2) is 19.7 Å². The van der Waals surface area contributed by atoms with Gasteiger partial charge in [0.25, 0.3) is 0 Å². The van der Waals surface area contributed by atoms with Crippen molar-refractivity contribution in [2.75, 3.05) is 13.6 Å². The fraction of sp³-hybridized carbons (Fsp3) is 0.500. The Labute approximate surface area is 86.3 Å². The summed E-state index contributed by atoms with van der Waals surface area (Å²) >= 11 is 0. The Hall–Kier alpha value is -1.02. The lowest BCUT2D eigenvalue weighted by molar-refractivity contribution is 0.218. The average Bonchev–Trinajstić information content (AvgIpc) is 2.19. The summed E-state index contributed by atoms with van der Waals surface area (Å²) in [6.07, 6.45) is 1.23. The maximum Gasteiger partial charge on any atom is 0.122 e. The van der Waals surface area contributed by atoms with Gasteiger partial charge in [-0.2, -0.15) is 0 Å². The fourth-order valence-electron chi connectivity index (χ4n) is 1.46. The van der Waals surface area contributed by atoms with Gasteiger partial charge in [0.05, 0.1) is 0 Å². The average molecular weight is 193 g/mol. The summed E-state index contributed by atoms with van der Waals surface area (Å²) in [5.74, 6) is 1.01. The molecule has 1 aromatic carbocycles. The van der Waals surface area contributed by atoms with E-state index in [1.807, 2.05) is 19.2 Å². The highest BCUT2D eigenvalue weighted by Crippen LogP contribution is 2.19. The van der Waals surface area contributed by atoms with E-state index in [0.717, 1.165) is 18.7 Å². The Balaban J connectivity index is 2.65. The highest BCUT2D eigenvalue weighted by Gasteiger charge is 2.05. The van der Waals surface area contributed by atoms with Gasteiger partial charge < -0.3 is 10.1 Å². The summed E-state index contributed by atoms with van der Waals surface area (Å²) in [4.78, 5) is 0. The summed E-state index contributed by atoms with van der Waals surface area (Å²) < 4.78 is 5.81. The molecule has 0 heterocycles. The smallest absolute Gasteiger partial charge is 0.122 e. The maximum absolute atomic E-state index is 5.81. The van der Waals surface area contributed by atoms with E-state index < -0.39 is 0 Å². The molecule has 0 aliphatic heterocycles. The number of para-hydroxylation sites is 1. The monoisotopic (exact) mass is 193 g/mol. The van der Waals surface area contributed by atoms with Gasteiger partial charge in [0, 0.05) is 6.54 Å². The molecule has 0 aliphatic rings. The molecule has 0 bridgehead atoms. The van der Waals surface area contributed by atoms with Crippen molar-refractivity contribution in [2.24, 2.45) is 0 Å². The zero-order valence-corrected chi connectivity index (χ0v) is 9.21. The number of rotatable bonds is 5. The SMILES string of the molecule is CCc1ccccc1OC(C)CNC. The Morgan fingerprint density at radius 3 is 2.71 bits per heavy atom. The first-order valence-electron chi connectivity index (χ1n) is 5.17. The van der Waals surface area contributed by atoms with Crippen LogP contribution in [0.2, 0.25) is 0 Å². The van der Waals surface area contributed by atoms with Gasteiger partial charge in [-0.25, -0.2) is 0 Å². The molecule has 1 aromatic rings. The topological polar surface area (TPSA) is 21.3 Å². The third-order valence-electron chi connectivity index (χ3n) is 2.17. The third kappa shape index (κ3) is 3.04. The lowest BCUT2D eigenvalue weighted by Gasteiger charge is -2.16. The van der Waals surface area contributed by atoms with E-state index in [1.54, 1.807) is 0 Å². The van der Waals surface area contributed by atoms with Crippen LogP contribution in [0.5, 0.6) is 5.75 Å². The normalized spacial score (nSPS) is 12.5. The van der Waals surface area contributed by atoms with E-state index in [4.69, 9.17) is 4.74 Å². The standard InChI is InChI=1S/C12H19NO/c1-4-11-7-5-6-8-12(11)14-10(2)9-13-3/h5-8,10,13H,4,9H2,1-3H3. The molecule has 0 spiro atoms. The van der Waals surface area contributed by atoms with Crippen molar-refractivity contribution < 1.29 is 4.74 Å². The van der Waals surface area contributed by atoms with Crippen molar-refractivity contribution in [3.63, 3.8) is 0 Å². The van der Waals surface area contributed by atoms with Gasteiger partial charge in [0.1, 0.15) is 11.9 Å². The van der Waals surface area contributed by atoms with Crippen molar-refractivity contribution in [2.45, 2.75) is 26.4 Å². The first-order valence-corrected chi connectivity index (χ1v) is 5.17. The van der Waals surface area contributed by atoms with E-state index in [9.17, 15) is 0 Å². The predicted octanol–water partition coefficient (Wildman–Crippen LogP) is 2.24. The summed E-state index contributed by atoms with van der Waals surface area (Å²) in [7, 11) is 1.94. The van der Waals surface area contributed by atoms with Crippen molar-refractivity contribution in [1.82, 2.24) is 5.32 Å². The number of ether oxygens (including phenoxy) is 1. The second-order valence-corrected chi connectivity index (χ2v) is 3.45. The number of likely N-dealkylation sites (N-methyl/N-ethyl adjacent to an activating group) is 1. The lowest BCUT2D eigenvalue weighted by Crippen LogP contribution is -2.26. The third-order valence-corrected chi connectivity index (χ3v) is 2.17. The molecule has 2 nitrogen and oxygen atoms in total. The molecule has 1 N–H and O–H groups in total.